The van der Waals surface area contributed by atoms with E-state index >= 15 is 0 Å². The normalized spacial score (nSPS) is 12.9. The van der Waals surface area contributed by atoms with E-state index < -0.39 is 60.7 Å². The number of rotatable bonds is 10. The molecule has 1 aliphatic heterocycles. The van der Waals surface area contributed by atoms with Crippen molar-refractivity contribution in [1.29, 1.82) is 0 Å². The number of carbonyl (C=O) groups excluding carboxylic acids is 6. The lowest BCUT2D eigenvalue weighted by Crippen LogP contribution is -2.49. The number of anilines is 2. The second-order valence-electron chi connectivity index (χ2n) is 9.67. The van der Waals surface area contributed by atoms with E-state index in [9.17, 15) is 28.8 Å². The van der Waals surface area contributed by atoms with Crippen molar-refractivity contribution in [2.75, 3.05) is 23.8 Å². The van der Waals surface area contributed by atoms with Gasteiger partial charge in [-0.1, -0.05) is 61.3 Å². The molecule has 0 aliphatic carbocycles. The molecule has 0 saturated heterocycles. The summed E-state index contributed by atoms with van der Waals surface area (Å²) in [6.07, 6.45) is 0. The van der Waals surface area contributed by atoms with Gasteiger partial charge in [-0.15, -0.1) is 0 Å². The van der Waals surface area contributed by atoms with Gasteiger partial charge < -0.3 is 20.1 Å². The first kappa shape index (κ1) is 31.2. The summed E-state index contributed by atoms with van der Waals surface area (Å²) in [5.74, 6) is -5.38. The number of imide groups is 1. The Balaban J connectivity index is 1.40. The summed E-state index contributed by atoms with van der Waals surface area (Å²) in [5, 5.41) is 5.62. The van der Waals surface area contributed by atoms with Gasteiger partial charge in [-0.3, -0.25) is 24.1 Å². The fourth-order valence-corrected chi connectivity index (χ4v) is 4.61. The minimum atomic E-state index is -1.36. The van der Waals surface area contributed by atoms with Gasteiger partial charge in [0, 0.05) is 0 Å². The number of esters is 2. The maximum Gasteiger partial charge on any atom is 0.338 e. The van der Waals surface area contributed by atoms with Gasteiger partial charge in [0.2, 0.25) is 0 Å². The maximum atomic E-state index is 13.3. The van der Waals surface area contributed by atoms with Crippen molar-refractivity contribution in [2.24, 2.45) is 5.92 Å². The van der Waals surface area contributed by atoms with Crippen LogP contribution in [-0.4, -0.2) is 59.7 Å². The maximum absolute atomic E-state index is 13.3. The summed E-state index contributed by atoms with van der Waals surface area (Å²) >= 11 is 12.0. The third kappa shape index (κ3) is 7.19. The van der Waals surface area contributed by atoms with Crippen LogP contribution < -0.4 is 10.6 Å². The molecule has 1 heterocycles. The summed E-state index contributed by atoms with van der Waals surface area (Å²) in [7, 11) is 0. The topological polar surface area (TPSA) is 148 Å². The number of hydrogen-bond acceptors (Lipinski definition) is 8. The van der Waals surface area contributed by atoms with E-state index in [1.54, 1.807) is 62.4 Å². The standard InChI is InChI=1S/C30H25Cl2N3O8/c1-16(2)26(30(41)43-15-25(37)34-23-10-6-4-8-21(23)32)35-27(38)18-12-11-17(13-19(18)28(35)39)29(40)42-14-24(36)33-22-9-5-3-7-20(22)31/h3-13,16,26H,14-15H2,1-2H3,(H,33,36)(H,34,37). The molecule has 0 fully saturated rings. The van der Waals surface area contributed by atoms with Gasteiger partial charge >= 0.3 is 11.9 Å². The molecule has 3 aromatic rings. The van der Waals surface area contributed by atoms with Crippen molar-refractivity contribution in [3.63, 3.8) is 0 Å². The predicted molar refractivity (Wildman–Crippen MR) is 157 cm³/mol. The Bertz CT molecular complexity index is 1620. The SMILES string of the molecule is CC(C)C(C(=O)OCC(=O)Nc1ccccc1Cl)N1C(=O)c2ccc(C(=O)OCC(=O)Nc3ccccc3Cl)cc2C1=O. The van der Waals surface area contributed by atoms with Gasteiger partial charge in [0.15, 0.2) is 13.2 Å². The highest BCUT2D eigenvalue weighted by Gasteiger charge is 2.45. The molecule has 2 N–H and O–H groups in total. The van der Waals surface area contributed by atoms with E-state index in [0.29, 0.717) is 16.4 Å². The highest BCUT2D eigenvalue weighted by molar-refractivity contribution is 6.34. The number of para-hydroxylation sites is 2. The Hall–Kier alpha value is -4.74. The van der Waals surface area contributed by atoms with Crippen molar-refractivity contribution in [3.8, 4) is 0 Å². The molecule has 3 aromatic carbocycles. The van der Waals surface area contributed by atoms with Crippen LogP contribution in [-0.2, 0) is 23.9 Å². The number of halogens is 2. The van der Waals surface area contributed by atoms with Gasteiger partial charge in [-0.25, -0.2) is 9.59 Å². The molecule has 4 amide bonds. The number of ether oxygens (including phenoxy) is 2. The van der Waals surface area contributed by atoms with Crippen LogP contribution in [0.15, 0.2) is 66.7 Å². The van der Waals surface area contributed by atoms with Crippen molar-refractivity contribution in [2.45, 2.75) is 19.9 Å². The molecule has 0 aromatic heterocycles. The number of nitrogens with one attached hydrogen (secondary N) is 2. The fraction of sp³-hybridized carbons (Fsp3) is 0.200. The van der Waals surface area contributed by atoms with Crippen LogP contribution in [0.5, 0.6) is 0 Å². The first-order chi connectivity index (χ1) is 20.5. The number of fused-ring (bicyclic) bond motifs is 1. The molecular formula is C30H25Cl2N3O8. The fourth-order valence-electron chi connectivity index (χ4n) is 4.25. The van der Waals surface area contributed by atoms with Crippen LogP contribution in [0.3, 0.4) is 0 Å². The van der Waals surface area contributed by atoms with Gasteiger partial charge in [0.1, 0.15) is 6.04 Å². The molecule has 4 rings (SSSR count). The van der Waals surface area contributed by atoms with Crippen LogP contribution in [0.2, 0.25) is 10.0 Å². The van der Waals surface area contributed by atoms with Crippen LogP contribution in [0.4, 0.5) is 11.4 Å². The molecule has 13 heteroatoms. The number of carbonyl (C=O) groups is 6. The Morgan fingerprint density at radius 1 is 0.744 bits per heavy atom. The molecule has 0 saturated carbocycles. The minimum Gasteiger partial charge on any atom is -0.454 e. The number of amides is 4. The lowest BCUT2D eigenvalue weighted by molar-refractivity contribution is -0.152. The van der Waals surface area contributed by atoms with E-state index in [2.05, 4.69) is 10.6 Å². The smallest absolute Gasteiger partial charge is 0.338 e. The summed E-state index contributed by atoms with van der Waals surface area (Å²) < 4.78 is 10.2. The second kappa shape index (κ2) is 13.5. The van der Waals surface area contributed by atoms with Gasteiger partial charge in [-0.05, 0) is 48.4 Å². The van der Waals surface area contributed by atoms with Crippen molar-refractivity contribution in [3.05, 3.63) is 93.5 Å². The van der Waals surface area contributed by atoms with Crippen molar-refractivity contribution < 1.29 is 38.2 Å². The van der Waals surface area contributed by atoms with E-state index in [1.165, 1.54) is 12.1 Å². The Labute approximate surface area is 256 Å². The average Bonchev–Trinajstić information content (AvgIpc) is 3.22. The quantitative estimate of drug-likeness (QED) is 0.245. The molecule has 1 atom stereocenters. The molecule has 0 bridgehead atoms. The molecule has 0 spiro atoms. The molecule has 222 valence electrons. The zero-order valence-corrected chi connectivity index (χ0v) is 24.4. The van der Waals surface area contributed by atoms with Crippen LogP contribution in [0, 0.1) is 5.92 Å². The summed E-state index contributed by atoms with van der Waals surface area (Å²) in [4.78, 5) is 77.4. The summed E-state index contributed by atoms with van der Waals surface area (Å²) in [5.41, 5.74) is 0.406. The zero-order chi connectivity index (χ0) is 31.3. The summed E-state index contributed by atoms with van der Waals surface area (Å²) in [6, 6.07) is 15.3. The van der Waals surface area contributed by atoms with Gasteiger partial charge in [0.25, 0.3) is 23.6 Å². The number of nitrogens with zero attached hydrogens (tertiary/aromatic N) is 1. The first-order valence-electron chi connectivity index (χ1n) is 12.9. The van der Waals surface area contributed by atoms with E-state index in [4.69, 9.17) is 32.7 Å². The molecule has 0 radical (unpaired) electrons. The van der Waals surface area contributed by atoms with Gasteiger partial charge in [-0.2, -0.15) is 0 Å². The molecular weight excluding hydrogens is 601 g/mol. The van der Waals surface area contributed by atoms with Crippen LogP contribution in [0.1, 0.15) is 44.9 Å². The van der Waals surface area contributed by atoms with Crippen LogP contribution in [0.25, 0.3) is 0 Å². The Morgan fingerprint density at radius 3 is 1.79 bits per heavy atom. The number of hydrogen-bond donors (Lipinski definition) is 2. The van der Waals surface area contributed by atoms with Crippen molar-refractivity contribution in [1.82, 2.24) is 4.90 Å². The molecule has 11 nitrogen and oxygen atoms in total. The summed E-state index contributed by atoms with van der Waals surface area (Å²) in [6.45, 7) is 1.90. The van der Waals surface area contributed by atoms with E-state index in [-0.39, 0.29) is 21.7 Å². The lowest BCUT2D eigenvalue weighted by Gasteiger charge is -2.27. The predicted octanol–water partition coefficient (Wildman–Crippen LogP) is 4.59. The highest BCUT2D eigenvalue weighted by atomic mass is 35.5. The highest BCUT2D eigenvalue weighted by Crippen LogP contribution is 2.29. The minimum absolute atomic E-state index is 0.0343. The first-order valence-corrected chi connectivity index (χ1v) is 13.7. The third-order valence-corrected chi connectivity index (χ3v) is 6.94. The van der Waals surface area contributed by atoms with Crippen LogP contribution >= 0.6 is 23.2 Å². The van der Waals surface area contributed by atoms with Gasteiger partial charge in [0.05, 0.1) is 38.1 Å². The number of benzene rings is 3. The average molecular weight is 626 g/mol. The Kier molecular flexibility index (Phi) is 9.79. The molecule has 1 aliphatic rings. The third-order valence-electron chi connectivity index (χ3n) is 6.28. The lowest BCUT2D eigenvalue weighted by atomic mass is 10.0. The molecule has 43 heavy (non-hydrogen) atoms. The Morgan fingerprint density at radius 2 is 1.26 bits per heavy atom. The van der Waals surface area contributed by atoms with E-state index in [1.807, 2.05) is 0 Å². The zero-order valence-electron chi connectivity index (χ0n) is 22.9. The molecule has 1 unspecified atom stereocenters. The monoisotopic (exact) mass is 625 g/mol. The largest absolute Gasteiger partial charge is 0.454 e. The van der Waals surface area contributed by atoms with Crippen molar-refractivity contribution >= 4 is 70.1 Å². The van der Waals surface area contributed by atoms with E-state index in [0.717, 1.165) is 11.0 Å². The second-order valence-corrected chi connectivity index (χ2v) is 10.5.